The molecule has 8 heteroatoms. The summed E-state index contributed by atoms with van der Waals surface area (Å²) < 4.78 is 0. The SMILES string of the molecule is Cc1cc(C)cc(NC(=O)C(=O)N2CCN3C(=O)CN(C)C(=O)C3C2)c1. The van der Waals surface area contributed by atoms with Crippen LogP contribution in [0.4, 0.5) is 5.69 Å². The quantitative estimate of drug-likeness (QED) is 0.701. The number of nitrogens with one attached hydrogen (secondary N) is 1. The Balaban J connectivity index is 1.69. The van der Waals surface area contributed by atoms with Crippen LogP contribution in [0.5, 0.6) is 0 Å². The molecule has 1 N–H and O–H groups in total. The molecule has 0 aliphatic carbocycles. The maximum absolute atomic E-state index is 12.5. The highest BCUT2D eigenvalue weighted by atomic mass is 16.2. The number of hydrogen-bond donors (Lipinski definition) is 1. The minimum absolute atomic E-state index is 0.0357. The predicted molar refractivity (Wildman–Crippen MR) is 94.3 cm³/mol. The van der Waals surface area contributed by atoms with E-state index < -0.39 is 17.9 Å². The first-order chi connectivity index (χ1) is 12.3. The topological polar surface area (TPSA) is 90.0 Å². The Labute approximate surface area is 151 Å². The van der Waals surface area contributed by atoms with Gasteiger partial charge in [0.25, 0.3) is 0 Å². The van der Waals surface area contributed by atoms with Crippen LogP contribution in [0.15, 0.2) is 18.2 Å². The average molecular weight is 358 g/mol. The fraction of sp³-hybridized carbons (Fsp3) is 0.444. The van der Waals surface area contributed by atoms with Crippen molar-refractivity contribution in [3.8, 4) is 0 Å². The van der Waals surface area contributed by atoms with Gasteiger partial charge in [-0.1, -0.05) is 6.07 Å². The molecule has 138 valence electrons. The van der Waals surface area contributed by atoms with Gasteiger partial charge in [-0.2, -0.15) is 0 Å². The summed E-state index contributed by atoms with van der Waals surface area (Å²) >= 11 is 0. The van der Waals surface area contributed by atoms with Gasteiger partial charge in [0.05, 0.1) is 13.1 Å². The third-order valence-electron chi connectivity index (χ3n) is 4.70. The Morgan fingerprint density at radius 3 is 2.38 bits per heavy atom. The van der Waals surface area contributed by atoms with Crippen molar-refractivity contribution in [1.82, 2.24) is 14.7 Å². The molecule has 26 heavy (non-hydrogen) atoms. The Kier molecular flexibility index (Phi) is 4.67. The Morgan fingerprint density at radius 2 is 1.73 bits per heavy atom. The van der Waals surface area contributed by atoms with Crippen molar-refractivity contribution in [3.05, 3.63) is 29.3 Å². The zero-order chi connectivity index (χ0) is 19.0. The van der Waals surface area contributed by atoms with E-state index in [0.717, 1.165) is 11.1 Å². The first kappa shape index (κ1) is 17.9. The maximum Gasteiger partial charge on any atom is 0.313 e. The molecule has 2 fully saturated rings. The molecule has 1 unspecified atom stereocenters. The highest BCUT2D eigenvalue weighted by Crippen LogP contribution is 2.18. The summed E-state index contributed by atoms with van der Waals surface area (Å²) in [6.45, 7) is 4.40. The summed E-state index contributed by atoms with van der Waals surface area (Å²) in [6.07, 6.45) is 0. The van der Waals surface area contributed by atoms with Crippen molar-refractivity contribution in [2.24, 2.45) is 0 Å². The van der Waals surface area contributed by atoms with Crippen molar-refractivity contribution in [2.45, 2.75) is 19.9 Å². The van der Waals surface area contributed by atoms with Crippen LogP contribution < -0.4 is 5.32 Å². The Hall–Kier alpha value is -2.90. The van der Waals surface area contributed by atoms with Crippen LogP contribution >= 0.6 is 0 Å². The number of anilines is 1. The number of piperazine rings is 2. The number of carbonyl (C=O) groups is 4. The number of aryl methyl sites for hydroxylation is 2. The van der Waals surface area contributed by atoms with Crippen LogP contribution in [0.25, 0.3) is 0 Å². The Morgan fingerprint density at radius 1 is 1.08 bits per heavy atom. The van der Waals surface area contributed by atoms with Gasteiger partial charge < -0.3 is 20.0 Å². The standard InChI is InChI=1S/C18H22N4O4/c1-11-6-12(2)8-13(7-11)19-16(24)18(26)21-4-5-22-14(9-21)17(25)20(3)10-15(22)23/h6-8,14H,4-5,9-10H2,1-3H3,(H,19,24). The molecular weight excluding hydrogens is 336 g/mol. The van der Waals surface area contributed by atoms with E-state index in [-0.39, 0.29) is 38.0 Å². The zero-order valence-electron chi connectivity index (χ0n) is 15.1. The lowest BCUT2D eigenvalue weighted by atomic mass is 10.1. The van der Waals surface area contributed by atoms with Gasteiger partial charge in [0.1, 0.15) is 6.04 Å². The van der Waals surface area contributed by atoms with E-state index in [1.54, 1.807) is 19.2 Å². The van der Waals surface area contributed by atoms with Crippen molar-refractivity contribution >= 4 is 29.3 Å². The van der Waals surface area contributed by atoms with Gasteiger partial charge in [0.15, 0.2) is 0 Å². The molecular formula is C18H22N4O4. The largest absolute Gasteiger partial charge is 0.335 e. The number of fused-ring (bicyclic) bond motifs is 1. The normalized spacial score (nSPS) is 20.1. The lowest BCUT2D eigenvalue weighted by Crippen LogP contribution is -2.67. The van der Waals surface area contributed by atoms with E-state index in [4.69, 9.17) is 0 Å². The van der Waals surface area contributed by atoms with Gasteiger partial charge in [-0.3, -0.25) is 19.2 Å². The highest BCUT2D eigenvalue weighted by molar-refractivity contribution is 6.39. The second-order valence-corrected chi connectivity index (χ2v) is 6.88. The van der Waals surface area contributed by atoms with E-state index in [2.05, 4.69) is 5.32 Å². The predicted octanol–water partition coefficient (Wildman–Crippen LogP) is -0.247. The van der Waals surface area contributed by atoms with Gasteiger partial charge in [-0.05, 0) is 37.1 Å². The minimum Gasteiger partial charge on any atom is -0.335 e. The van der Waals surface area contributed by atoms with Crippen LogP contribution in [0.3, 0.4) is 0 Å². The molecule has 2 aliphatic heterocycles. The number of nitrogens with zero attached hydrogens (tertiary/aromatic N) is 3. The molecule has 0 saturated carbocycles. The number of amides is 4. The molecule has 1 atom stereocenters. The van der Waals surface area contributed by atoms with Crippen LogP contribution in [0.1, 0.15) is 11.1 Å². The molecule has 8 nitrogen and oxygen atoms in total. The van der Waals surface area contributed by atoms with Crippen LogP contribution in [0.2, 0.25) is 0 Å². The summed E-state index contributed by atoms with van der Waals surface area (Å²) in [5, 5.41) is 2.62. The first-order valence-electron chi connectivity index (χ1n) is 8.49. The summed E-state index contributed by atoms with van der Waals surface area (Å²) in [4.78, 5) is 53.4. The second kappa shape index (κ2) is 6.78. The zero-order valence-corrected chi connectivity index (χ0v) is 15.1. The van der Waals surface area contributed by atoms with Crippen LogP contribution in [-0.4, -0.2) is 77.6 Å². The second-order valence-electron chi connectivity index (χ2n) is 6.88. The molecule has 2 saturated heterocycles. The molecule has 4 amide bonds. The average Bonchev–Trinajstić information content (AvgIpc) is 2.57. The number of rotatable bonds is 1. The molecule has 3 rings (SSSR count). The van der Waals surface area contributed by atoms with Crippen molar-refractivity contribution in [2.75, 3.05) is 38.5 Å². The fourth-order valence-electron chi connectivity index (χ4n) is 3.48. The molecule has 0 radical (unpaired) electrons. The summed E-state index contributed by atoms with van der Waals surface area (Å²) in [6, 6.07) is 4.83. The van der Waals surface area contributed by atoms with E-state index in [1.165, 1.54) is 14.7 Å². The summed E-state index contributed by atoms with van der Waals surface area (Å²) in [5.74, 6) is -1.79. The van der Waals surface area contributed by atoms with Crippen LogP contribution in [0, 0.1) is 13.8 Å². The number of carbonyl (C=O) groups excluding carboxylic acids is 4. The number of benzene rings is 1. The summed E-state index contributed by atoms with van der Waals surface area (Å²) in [5.41, 5.74) is 2.52. The number of hydrogen-bond acceptors (Lipinski definition) is 4. The van der Waals surface area contributed by atoms with E-state index in [0.29, 0.717) is 5.69 Å². The molecule has 1 aromatic rings. The molecule has 2 aliphatic rings. The lowest BCUT2D eigenvalue weighted by molar-refractivity contribution is -0.161. The van der Waals surface area contributed by atoms with Crippen molar-refractivity contribution in [3.63, 3.8) is 0 Å². The monoisotopic (exact) mass is 358 g/mol. The molecule has 1 aromatic carbocycles. The smallest absolute Gasteiger partial charge is 0.313 e. The van der Waals surface area contributed by atoms with E-state index >= 15 is 0 Å². The van der Waals surface area contributed by atoms with Crippen molar-refractivity contribution in [1.29, 1.82) is 0 Å². The van der Waals surface area contributed by atoms with E-state index in [1.807, 2.05) is 19.9 Å². The van der Waals surface area contributed by atoms with Crippen molar-refractivity contribution < 1.29 is 19.2 Å². The first-order valence-corrected chi connectivity index (χ1v) is 8.49. The molecule has 2 heterocycles. The fourth-order valence-corrected chi connectivity index (χ4v) is 3.48. The van der Waals surface area contributed by atoms with Gasteiger partial charge in [0.2, 0.25) is 11.8 Å². The summed E-state index contributed by atoms with van der Waals surface area (Å²) in [7, 11) is 1.56. The van der Waals surface area contributed by atoms with Gasteiger partial charge in [0, 0.05) is 25.8 Å². The Bertz CT molecular complexity index is 771. The van der Waals surface area contributed by atoms with Gasteiger partial charge in [-0.15, -0.1) is 0 Å². The highest BCUT2D eigenvalue weighted by Gasteiger charge is 2.43. The van der Waals surface area contributed by atoms with Crippen LogP contribution in [-0.2, 0) is 19.2 Å². The third-order valence-corrected chi connectivity index (χ3v) is 4.70. The van der Waals surface area contributed by atoms with Gasteiger partial charge in [-0.25, -0.2) is 0 Å². The number of likely N-dealkylation sites (N-methyl/N-ethyl adjacent to an activating group) is 1. The lowest BCUT2D eigenvalue weighted by Gasteiger charge is -2.44. The minimum atomic E-state index is -0.744. The molecule has 0 spiro atoms. The maximum atomic E-state index is 12.5. The third kappa shape index (κ3) is 3.40. The van der Waals surface area contributed by atoms with Gasteiger partial charge >= 0.3 is 11.8 Å². The van der Waals surface area contributed by atoms with E-state index in [9.17, 15) is 19.2 Å². The molecule has 0 bridgehead atoms. The molecule has 0 aromatic heterocycles.